The van der Waals surface area contributed by atoms with Crippen LogP contribution in [0.3, 0.4) is 0 Å². The van der Waals surface area contributed by atoms with E-state index in [2.05, 4.69) is 39.7 Å². The largest absolute Gasteiger partial charge is 0.478 e. The molecule has 0 aliphatic heterocycles. The third kappa shape index (κ3) is 2.64. The van der Waals surface area contributed by atoms with Gasteiger partial charge in [-0.3, -0.25) is 0 Å². The van der Waals surface area contributed by atoms with Crippen LogP contribution < -0.4 is 0 Å². The van der Waals surface area contributed by atoms with Crippen LogP contribution in [0, 0.1) is 0 Å². The summed E-state index contributed by atoms with van der Waals surface area (Å²) < 4.78 is 4.11. The Hall–Kier alpha value is -2.55. The van der Waals surface area contributed by atoms with Gasteiger partial charge in [-0.2, -0.15) is 0 Å². The third-order valence-electron chi connectivity index (χ3n) is 4.31. The zero-order valence-electron chi connectivity index (χ0n) is 14.4. The number of aromatic carboxylic acids is 1. The average Bonchev–Trinajstić information content (AvgIpc) is 3.12. The monoisotopic (exact) mass is 327 g/mol. The molecule has 6 nitrogen and oxygen atoms in total. The SMILES string of the molecule is CCn1c(-c2nc3cc(C(=O)O)cnc3n2C)cc2ccccc21.[Li]. The summed E-state index contributed by atoms with van der Waals surface area (Å²) >= 11 is 0. The van der Waals surface area contributed by atoms with Gasteiger partial charge in [0.25, 0.3) is 0 Å². The number of imidazole rings is 1. The van der Waals surface area contributed by atoms with Gasteiger partial charge in [-0.05, 0) is 25.1 Å². The molecule has 4 aromatic rings. The second-order valence-electron chi connectivity index (χ2n) is 5.70. The Bertz CT molecular complexity index is 1100. The molecule has 121 valence electrons. The van der Waals surface area contributed by atoms with Gasteiger partial charge in [-0.15, -0.1) is 0 Å². The molecule has 7 heteroatoms. The molecule has 0 aliphatic rings. The minimum Gasteiger partial charge on any atom is -0.478 e. The molecule has 3 aromatic heterocycles. The van der Waals surface area contributed by atoms with E-state index in [1.165, 1.54) is 6.20 Å². The van der Waals surface area contributed by atoms with Crippen molar-refractivity contribution in [1.82, 2.24) is 19.1 Å². The first kappa shape index (κ1) is 17.3. The number of hydrogen-bond acceptors (Lipinski definition) is 3. The Morgan fingerprint density at radius 2 is 2.00 bits per heavy atom. The van der Waals surface area contributed by atoms with E-state index in [1.54, 1.807) is 6.07 Å². The van der Waals surface area contributed by atoms with Crippen molar-refractivity contribution in [3.63, 3.8) is 0 Å². The summed E-state index contributed by atoms with van der Waals surface area (Å²) in [5, 5.41) is 10.3. The van der Waals surface area contributed by atoms with E-state index in [-0.39, 0.29) is 24.4 Å². The summed E-state index contributed by atoms with van der Waals surface area (Å²) in [5.74, 6) is -0.225. The Morgan fingerprint density at radius 1 is 1.24 bits per heavy atom. The van der Waals surface area contributed by atoms with E-state index in [0.29, 0.717) is 11.2 Å². The van der Waals surface area contributed by atoms with Gasteiger partial charge in [0.2, 0.25) is 0 Å². The van der Waals surface area contributed by atoms with Gasteiger partial charge in [0, 0.05) is 49.6 Å². The number of carboxylic acids is 1. The summed E-state index contributed by atoms with van der Waals surface area (Å²) in [5.41, 5.74) is 3.55. The molecule has 0 bridgehead atoms. The molecule has 0 amide bonds. The third-order valence-corrected chi connectivity index (χ3v) is 4.31. The van der Waals surface area contributed by atoms with Gasteiger partial charge in [0.05, 0.1) is 11.3 Å². The number of pyridine rings is 1. The molecular weight excluding hydrogens is 311 g/mol. The molecule has 0 fully saturated rings. The van der Waals surface area contributed by atoms with E-state index in [0.717, 1.165) is 29.0 Å². The predicted molar refractivity (Wildman–Crippen MR) is 97.8 cm³/mol. The van der Waals surface area contributed by atoms with E-state index >= 15 is 0 Å². The van der Waals surface area contributed by atoms with Gasteiger partial charge in [-0.25, -0.2) is 14.8 Å². The number of hydrogen-bond donors (Lipinski definition) is 1. The van der Waals surface area contributed by atoms with Crippen LogP contribution in [0.4, 0.5) is 0 Å². The number of nitrogens with zero attached hydrogens (tertiary/aromatic N) is 4. The van der Waals surface area contributed by atoms with Crippen LogP contribution in [0.1, 0.15) is 17.3 Å². The first-order valence-electron chi connectivity index (χ1n) is 7.74. The standard InChI is InChI=1S/C18H16N4O2.Li/c1-3-22-14-7-5-4-6-11(14)9-15(22)17-20-13-8-12(18(23)24)10-19-16(13)21(17)2;/h4-10H,3H2,1-2H3,(H,23,24);. The number of aryl methyl sites for hydroxylation is 2. The first-order valence-corrected chi connectivity index (χ1v) is 7.74. The molecule has 1 N–H and O–H groups in total. The smallest absolute Gasteiger partial charge is 0.337 e. The number of rotatable bonds is 3. The van der Waals surface area contributed by atoms with Crippen molar-refractivity contribution in [2.45, 2.75) is 13.5 Å². The fourth-order valence-corrected chi connectivity index (χ4v) is 3.16. The maximum Gasteiger partial charge on any atom is 0.337 e. The maximum atomic E-state index is 11.1. The molecule has 25 heavy (non-hydrogen) atoms. The van der Waals surface area contributed by atoms with Crippen molar-refractivity contribution in [1.29, 1.82) is 0 Å². The summed E-state index contributed by atoms with van der Waals surface area (Å²) in [6.07, 6.45) is 1.37. The molecule has 1 radical (unpaired) electrons. The van der Waals surface area contributed by atoms with Crippen molar-refractivity contribution in [2.75, 3.05) is 0 Å². The topological polar surface area (TPSA) is 72.9 Å². The number of fused-ring (bicyclic) bond motifs is 2. The van der Waals surface area contributed by atoms with Gasteiger partial charge in [-0.1, -0.05) is 18.2 Å². The number of carbonyl (C=O) groups is 1. The summed E-state index contributed by atoms with van der Waals surface area (Å²) in [4.78, 5) is 20.1. The quantitative estimate of drug-likeness (QED) is 0.587. The summed E-state index contributed by atoms with van der Waals surface area (Å²) in [7, 11) is 1.90. The zero-order chi connectivity index (χ0) is 16.8. The van der Waals surface area contributed by atoms with Crippen molar-refractivity contribution < 1.29 is 9.90 Å². The molecule has 0 saturated heterocycles. The Balaban J connectivity index is 0.00000182. The van der Waals surface area contributed by atoms with Gasteiger partial charge >= 0.3 is 5.97 Å². The second-order valence-corrected chi connectivity index (χ2v) is 5.70. The number of para-hydroxylation sites is 1. The molecule has 0 atom stereocenters. The maximum absolute atomic E-state index is 11.1. The van der Waals surface area contributed by atoms with Crippen LogP contribution in [0.2, 0.25) is 0 Å². The number of benzene rings is 1. The van der Waals surface area contributed by atoms with Crippen LogP contribution in [-0.2, 0) is 13.6 Å². The van der Waals surface area contributed by atoms with E-state index in [4.69, 9.17) is 5.11 Å². The van der Waals surface area contributed by atoms with Crippen LogP contribution >= 0.6 is 0 Å². The van der Waals surface area contributed by atoms with Crippen LogP contribution in [0.15, 0.2) is 42.6 Å². The van der Waals surface area contributed by atoms with Crippen molar-refractivity contribution in [3.05, 3.63) is 48.2 Å². The van der Waals surface area contributed by atoms with Gasteiger partial charge in [0.1, 0.15) is 5.52 Å². The second kappa shape index (κ2) is 6.39. The molecule has 0 spiro atoms. The summed E-state index contributed by atoms with van der Waals surface area (Å²) in [6, 6.07) is 11.9. The number of carboxylic acid groups (broad SMARTS) is 1. The van der Waals surface area contributed by atoms with E-state index < -0.39 is 5.97 Å². The minimum absolute atomic E-state index is 0. The Labute approximate surface area is 156 Å². The summed E-state index contributed by atoms with van der Waals surface area (Å²) in [6.45, 7) is 2.92. The molecule has 1 aromatic carbocycles. The number of aromatic nitrogens is 4. The molecule has 4 rings (SSSR count). The van der Waals surface area contributed by atoms with Gasteiger partial charge in [0.15, 0.2) is 11.5 Å². The van der Waals surface area contributed by atoms with Crippen LogP contribution in [0.25, 0.3) is 33.6 Å². The first-order chi connectivity index (χ1) is 11.6. The Kier molecular flexibility index (Phi) is 4.42. The normalized spacial score (nSPS) is 11.0. The molecular formula is C18H16LiN4O2. The van der Waals surface area contributed by atoms with Crippen LogP contribution in [0.5, 0.6) is 0 Å². The molecule has 3 heterocycles. The van der Waals surface area contributed by atoms with E-state index in [9.17, 15) is 4.79 Å². The minimum atomic E-state index is -1.00. The molecule has 0 saturated carbocycles. The Morgan fingerprint density at radius 3 is 2.72 bits per heavy atom. The van der Waals surface area contributed by atoms with Crippen LogP contribution in [-0.4, -0.2) is 49.0 Å². The van der Waals surface area contributed by atoms with Crippen molar-refractivity contribution >= 4 is 46.9 Å². The zero-order valence-corrected chi connectivity index (χ0v) is 14.4. The van der Waals surface area contributed by atoms with Gasteiger partial charge < -0.3 is 14.2 Å². The molecule has 0 unspecified atom stereocenters. The molecule has 0 aliphatic carbocycles. The van der Waals surface area contributed by atoms with Crippen molar-refractivity contribution in [2.24, 2.45) is 7.05 Å². The van der Waals surface area contributed by atoms with Crippen molar-refractivity contribution in [3.8, 4) is 11.5 Å². The average molecular weight is 327 g/mol. The fourth-order valence-electron chi connectivity index (χ4n) is 3.16. The van der Waals surface area contributed by atoms with E-state index in [1.807, 2.05) is 23.7 Å². The predicted octanol–water partition coefficient (Wildman–Crippen LogP) is 2.93. The fraction of sp³-hybridized carbons (Fsp3) is 0.167.